The molecule has 2 heterocycles. The molecule has 2 atom stereocenters. The lowest BCUT2D eigenvalue weighted by atomic mass is 9.81. The Morgan fingerprint density at radius 3 is 2.31 bits per heavy atom. The minimum Gasteiger partial charge on any atom is -0.495 e. The van der Waals surface area contributed by atoms with Crippen LogP contribution in [0.5, 0.6) is 17.2 Å². The predicted molar refractivity (Wildman–Crippen MR) is 193 cm³/mol. The zero-order valence-electron chi connectivity index (χ0n) is 28.6. The van der Waals surface area contributed by atoms with Crippen LogP contribution < -0.4 is 23.7 Å². The van der Waals surface area contributed by atoms with Gasteiger partial charge in [0.1, 0.15) is 12.3 Å². The smallest absolute Gasteiger partial charge is 0.245 e. The van der Waals surface area contributed by atoms with Crippen molar-refractivity contribution >= 4 is 27.5 Å². The van der Waals surface area contributed by atoms with Gasteiger partial charge in [-0.2, -0.15) is 0 Å². The molecule has 0 bridgehead atoms. The molecule has 6 aromatic rings. The van der Waals surface area contributed by atoms with Gasteiger partial charge < -0.3 is 19.1 Å². The minimum absolute atomic E-state index is 0.315. The largest absolute Gasteiger partial charge is 0.495 e. The zero-order chi connectivity index (χ0) is 32.9. The summed E-state index contributed by atoms with van der Waals surface area (Å²) in [6.07, 6.45) is 4.38. The third kappa shape index (κ3) is 5.15. The Morgan fingerprint density at radius 2 is 1.50 bits per heavy atom. The van der Waals surface area contributed by atoms with Crippen LogP contribution in [0.2, 0.25) is 0 Å². The molecular weight excluding hydrogens is 594 g/mol. The summed E-state index contributed by atoms with van der Waals surface area (Å²) in [6, 6.07) is 31.1. The highest BCUT2D eigenvalue weighted by molar-refractivity contribution is 5.83. The number of ether oxygens (including phenoxy) is 3. The van der Waals surface area contributed by atoms with Crippen molar-refractivity contribution in [2.45, 2.75) is 45.7 Å². The SMILES string of the molecule is COc1cc2c(cc1OC)[C@@H]1c3cccc(OC)c3N(CCCn3c[n+](Cc4ccc5ccccc5c4)c4cc(C)c(C)cc43)C[C@@H]1C2. The lowest BCUT2D eigenvalue weighted by Crippen LogP contribution is -2.38. The number of imidazole rings is 1. The first kappa shape index (κ1) is 30.4. The van der Waals surface area contributed by atoms with Crippen LogP contribution in [0.3, 0.4) is 0 Å². The average molecular weight is 639 g/mol. The van der Waals surface area contributed by atoms with E-state index in [2.05, 4.69) is 119 Å². The highest BCUT2D eigenvalue weighted by Gasteiger charge is 2.42. The van der Waals surface area contributed by atoms with Crippen LogP contribution >= 0.6 is 0 Å². The van der Waals surface area contributed by atoms with Crippen LogP contribution in [0.1, 0.15) is 45.7 Å². The monoisotopic (exact) mass is 638 g/mol. The summed E-state index contributed by atoms with van der Waals surface area (Å²) in [5.41, 5.74) is 11.8. The molecule has 6 nitrogen and oxygen atoms in total. The van der Waals surface area contributed by atoms with Crippen molar-refractivity contribution in [3.63, 3.8) is 0 Å². The number of methoxy groups -OCH3 is 3. The molecule has 0 radical (unpaired) electrons. The van der Waals surface area contributed by atoms with Gasteiger partial charge in [0.05, 0.1) is 33.6 Å². The van der Waals surface area contributed by atoms with Crippen molar-refractivity contribution in [2.75, 3.05) is 39.3 Å². The molecule has 0 unspecified atom stereocenters. The Labute approximate surface area is 283 Å². The van der Waals surface area contributed by atoms with E-state index in [9.17, 15) is 0 Å². The molecule has 8 rings (SSSR count). The van der Waals surface area contributed by atoms with Gasteiger partial charge in [0.15, 0.2) is 22.5 Å². The fraction of sp³-hybridized carbons (Fsp3) is 0.310. The van der Waals surface area contributed by atoms with Crippen molar-refractivity contribution in [1.29, 1.82) is 0 Å². The molecule has 0 amide bonds. The molecule has 5 aromatic carbocycles. The Balaban J connectivity index is 1.08. The number of para-hydroxylation sites is 1. The molecule has 48 heavy (non-hydrogen) atoms. The van der Waals surface area contributed by atoms with E-state index in [0.29, 0.717) is 11.8 Å². The number of benzene rings is 5. The van der Waals surface area contributed by atoms with E-state index in [-0.39, 0.29) is 0 Å². The van der Waals surface area contributed by atoms with Crippen molar-refractivity contribution in [2.24, 2.45) is 5.92 Å². The summed E-state index contributed by atoms with van der Waals surface area (Å²) in [6.45, 7) is 8.16. The van der Waals surface area contributed by atoms with Crippen LogP contribution in [0, 0.1) is 19.8 Å². The Hall–Kier alpha value is -4.97. The number of anilines is 1. The standard InChI is InChI=1S/C42H44N3O3/c1-27-18-36-37(19-28(27)2)45(24-29-14-15-30-10-6-7-11-31(30)20-29)26-44(36)17-9-16-43-25-33-21-32-22-39(47-4)40(48-5)23-35(32)41(33)34-12-8-13-38(46-3)42(34)43/h6-8,10-15,18-20,22-23,26,33,41H,9,16-17,21,24-25H2,1-5H3/q+1/t33-,41-/m0/s1. The second-order valence-electron chi connectivity index (χ2n) is 13.6. The third-order valence-corrected chi connectivity index (χ3v) is 10.8. The first-order valence-corrected chi connectivity index (χ1v) is 17.1. The molecule has 6 heteroatoms. The van der Waals surface area contributed by atoms with Crippen LogP contribution in [-0.4, -0.2) is 39.0 Å². The molecule has 0 fully saturated rings. The molecule has 0 saturated heterocycles. The maximum Gasteiger partial charge on any atom is 0.245 e. The van der Waals surface area contributed by atoms with Gasteiger partial charge in [-0.25, -0.2) is 9.13 Å². The first-order chi connectivity index (χ1) is 23.4. The number of fused-ring (bicyclic) bond motifs is 7. The van der Waals surface area contributed by atoms with Gasteiger partial charge in [-0.1, -0.05) is 48.5 Å². The highest BCUT2D eigenvalue weighted by atomic mass is 16.5. The molecule has 2 aliphatic rings. The molecule has 0 N–H and O–H groups in total. The Kier molecular flexibility index (Phi) is 7.74. The van der Waals surface area contributed by atoms with Crippen molar-refractivity contribution in [3.8, 4) is 17.2 Å². The number of rotatable bonds is 9. The summed E-state index contributed by atoms with van der Waals surface area (Å²) in [5.74, 6) is 3.35. The van der Waals surface area contributed by atoms with E-state index < -0.39 is 0 Å². The summed E-state index contributed by atoms with van der Waals surface area (Å²) in [5, 5.41) is 2.57. The van der Waals surface area contributed by atoms with E-state index in [1.807, 2.05) is 0 Å². The predicted octanol–water partition coefficient (Wildman–Crippen LogP) is 7.99. The van der Waals surface area contributed by atoms with Gasteiger partial charge in [-0.3, -0.25) is 0 Å². The lowest BCUT2D eigenvalue weighted by molar-refractivity contribution is -0.663. The number of nitrogens with zero attached hydrogens (tertiary/aromatic N) is 3. The molecule has 244 valence electrons. The van der Waals surface area contributed by atoms with E-state index in [0.717, 1.165) is 56.3 Å². The first-order valence-electron chi connectivity index (χ1n) is 17.1. The molecule has 1 aliphatic heterocycles. The van der Waals surface area contributed by atoms with Gasteiger partial charge in [0.2, 0.25) is 6.33 Å². The average Bonchev–Trinajstić information content (AvgIpc) is 3.63. The van der Waals surface area contributed by atoms with Gasteiger partial charge >= 0.3 is 0 Å². The van der Waals surface area contributed by atoms with Crippen LogP contribution in [0.4, 0.5) is 5.69 Å². The van der Waals surface area contributed by atoms with Crippen molar-refractivity contribution in [1.82, 2.24) is 4.57 Å². The number of aromatic nitrogens is 2. The molecule has 1 aliphatic carbocycles. The van der Waals surface area contributed by atoms with E-state index >= 15 is 0 Å². The second-order valence-corrected chi connectivity index (χ2v) is 13.6. The maximum atomic E-state index is 6.00. The van der Waals surface area contributed by atoms with Crippen molar-refractivity contribution < 1.29 is 18.8 Å². The van der Waals surface area contributed by atoms with E-state index in [4.69, 9.17) is 14.2 Å². The fourth-order valence-corrected chi connectivity index (χ4v) is 8.33. The molecular formula is C42H44N3O3+. The molecule has 0 saturated carbocycles. The molecule has 1 aromatic heterocycles. The fourth-order valence-electron chi connectivity index (χ4n) is 8.33. The lowest BCUT2D eigenvalue weighted by Gasteiger charge is -2.39. The molecule has 0 spiro atoms. The van der Waals surface area contributed by atoms with Crippen LogP contribution in [-0.2, 0) is 19.5 Å². The van der Waals surface area contributed by atoms with Gasteiger partial charge in [-0.15, -0.1) is 0 Å². The van der Waals surface area contributed by atoms with Crippen LogP contribution in [0.15, 0.2) is 91.3 Å². The topological polar surface area (TPSA) is 39.7 Å². The Morgan fingerprint density at radius 1 is 0.729 bits per heavy atom. The maximum absolute atomic E-state index is 6.00. The van der Waals surface area contributed by atoms with Gasteiger partial charge in [0, 0.05) is 25.4 Å². The summed E-state index contributed by atoms with van der Waals surface area (Å²) in [4.78, 5) is 2.58. The summed E-state index contributed by atoms with van der Waals surface area (Å²) >= 11 is 0. The van der Waals surface area contributed by atoms with E-state index in [1.54, 1.807) is 21.3 Å². The number of aryl methyl sites for hydroxylation is 3. The zero-order valence-corrected chi connectivity index (χ0v) is 28.6. The van der Waals surface area contributed by atoms with E-state index in [1.165, 1.54) is 60.9 Å². The van der Waals surface area contributed by atoms with Crippen LogP contribution in [0.25, 0.3) is 21.8 Å². The summed E-state index contributed by atoms with van der Waals surface area (Å²) < 4.78 is 22.3. The minimum atomic E-state index is 0.315. The normalized spacial score (nSPS) is 16.6. The quantitative estimate of drug-likeness (QED) is 0.151. The van der Waals surface area contributed by atoms with Crippen molar-refractivity contribution in [3.05, 3.63) is 125 Å². The number of hydrogen-bond donors (Lipinski definition) is 0. The third-order valence-electron chi connectivity index (χ3n) is 10.8. The summed E-state index contributed by atoms with van der Waals surface area (Å²) in [7, 11) is 5.23. The second kappa shape index (κ2) is 12.2. The van der Waals surface area contributed by atoms with Gasteiger partial charge in [0.25, 0.3) is 0 Å². The highest BCUT2D eigenvalue weighted by Crippen LogP contribution is 2.53. The van der Waals surface area contributed by atoms with Gasteiger partial charge in [-0.05, 0) is 107 Å². The number of hydrogen-bond acceptors (Lipinski definition) is 4. The Bertz CT molecular complexity index is 2170.